The van der Waals surface area contributed by atoms with Crippen molar-refractivity contribution in [1.82, 2.24) is 15.5 Å². The van der Waals surface area contributed by atoms with Gasteiger partial charge >= 0.3 is 12.0 Å². The minimum atomic E-state index is -0.987. The maximum absolute atomic E-state index is 11.8. The molecule has 0 aromatic carbocycles. The second-order valence-corrected chi connectivity index (χ2v) is 4.34. The summed E-state index contributed by atoms with van der Waals surface area (Å²) in [5, 5.41) is 14.6. The predicted molar refractivity (Wildman–Crippen MR) is 63.9 cm³/mol. The molecular formula is C11H21N3O3. The van der Waals surface area contributed by atoms with E-state index in [1.807, 2.05) is 0 Å². The van der Waals surface area contributed by atoms with Gasteiger partial charge in [-0.05, 0) is 32.4 Å². The highest BCUT2D eigenvalue weighted by Crippen LogP contribution is 2.10. The van der Waals surface area contributed by atoms with E-state index in [1.165, 1.54) is 0 Å². The molecule has 3 N–H and O–H groups in total. The fourth-order valence-electron chi connectivity index (χ4n) is 1.95. The third-order valence-corrected chi connectivity index (χ3v) is 3.18. The van der Waals surface area contributed by atoms with Crippen molar-refractivity contribution in [3.05, 3.63) is 0 Å². The lowest BCUT2D eigenvalue weighted by Gasteiger charge is -2.32. The summed E-state index contributed by atoms with van der Waals surface area (Å²) in [6, 6.07) is -0.902. The first kappa shape index (κ1) is 13.8. The average Bonchev–Trinajstić information content (AvgIpc) is 2.35. The van der Waals surface area contributed by atoms with Crippen LogP contribution in [0.15, 0.2) is 0 Å². The number of hydrogen-bond acceptors (Lipinski definition) is 3. The van der Waals surface area contributed by atoms with E-state index >= 15 is 0 Å². The number of nitrogens with zero attached hydrogens (tertiary/aromatic N) is 1. The van der Waals surface area contributed by atoms with E-state index in [4.69, 9.17) is 5.11 Å². The van der Waals surface area contributed by atoms with Gasteiger partial charge in [0.25, 0.3) is 0 Å². The number of carbonyl (C=O) groups excluding carboxylic acids is 1. The molecule has 0 aliphatic carbocycles. The van der Waals surface area contributed by atoms with E-state index < -0.39 is 12.0 Å². The number of carbonyl (C=O) groups is 2. The smallest absolute Gasteiger partial charge is 0.326 e. The molecule has 1 fully saturated rings. The van der Waals surface area contributed by atoms with Crippen LogP contribution in [-0.2, 0) is 4.79 Å². The first-order valence-corrected chi connectivity index (χ1v) is 6.03. The van der Waals surface area contributed by atoms with Crippen molar-refractivity contribution in [3.63, 3.8) is 0 Å². The standard InChI is InChI=1S/C11H21N3O3/c1-3-9(10(15)16)13-11(17)14(2)8-4-6-12-7-5-8/h8-9,12H,3-7H2,1-2H3,(H,13,17)(H,15,16)/t9-/m1/s1. The normalized spacial score (nSPS) is 18.5. The van der Waals surface area contributed by atoms with Gasteiger partial charge in [0, 0.05) is 13.1 Å². The number of nitrogens with one attached hydrogen (secondary N) is 2. The minimum Gasteiger partial charge on any atom is -0.480 e. The van der Waals surface area contributed by atoms with Crippen molar-refractivity contribution in [3.8, 4) is 0 Å². The lowest BCUT2D eigenvalue weighted by Crippen LogP contribution is -2.51. The lowest BCUT2D eigenvalue weighted by molar-refractivity contribution is -0.139. The molecule has 1 saturated heterocycles. The number of amides is 2. The molecule has 0 radical (unpaired) electrons. The van der Waals surface area contributed by atoms with E-state index in [0.717, 1.165) is 25.9 Å². The quantitative estimate of drug-likeness (QED) is 0.661. The molecule has 0 spiro atoms. The van der Waals surface area contributed by atoms with Crippen LogP contribution in [-0.4, -0.2) is 54.2 Å². The molecule has 98 valence electrons. The van der Waals surface area contributed by atoms with Crippen LogP contribution in [0.3, 0.4) is 0 Å². The number of urea groups is 1. The van der Waals surface area contributed by atoms with Gasteiger partial charge in [-0.1, -0.05) is 6.92 Å². The van der Waals surface area contributed by atoms with Gasteiger partial charge in [-0.15, -0.1) is 0 Å². The lowest BCUT2D eigenvalue weighted by atomic mass is 10.1. The van der Waals surface area contributed by atoms with Crippen LogP contribution in [0, 0.1) is 0 Å². The second-order valence-electron chi connectivity index (χ2n) is 4.34. The van der Waals surface area contributed by atoms with Crippen molar-refractivity contribution in [1.29, 1.82) is 0 Å². The maximum atomic E-state index is 11.8. The number of aliphatic carboxylic acids is 1. The molecule has 0 saturated carbocycles. The molecule has 0 aromatic rings. The van der Waals surface area contributed by atoms with Gasteiger partial charge in [0.05, 0.1) is 0 Å². The summed E-state index contributed by atoms with van der Waals surface area (Å²) >= 11 is 0. The molecule has 1 aliphatic rings. The predicted octanol–water partition coefficient (Wildman–Crippen LogP) is 0.243. The molecule has 1 aliphatic heterocycles. The molecule has 2 amide bonds. The second kappa shape index (κ2) is 6.44. The number of rotatable bonds is 4. The van der Waals surface area contributed by atoms with Gasteiger partial charge in [-0.3, -0.25) is 0 Å². The summed E-state index contributed by atoms with van der Waals surface area (Å²) in [6.07, 6.45) is 2.21. The topological polar surface area (TPSA) is 81.7 Å². The van der Waals surface area contributed by atoms with Gasteiger partial charge in [0.2, 0.25) is 0 Å². The highest BCUT2D eigenvalue weighted by atomic mass is 16.4. The first-order valence-electron chi connectivity index (χ1n) is 6.03. The molecule has 1 atom stereocenters. The summed E-state index contributed by atoms with van der Waals surface area (Å²) in [6.45, 7) is 3.54. The van der Waals surface area contributed by atoms with E-state index in [2.05, 4.69) is 10.6 Å². The molecule has 1 rings (SSSR count). The Morgan fingerprint density at radius 1 is 1.47 bits per heavy atom. The Labute approximate surface area is 101 Å². The van der Waals surface area contributed by atoms with Crippen molar-refractivity contribution in [2.45, 2.75) is 38.3 Å². The number of carboxylic acids is 1. The van der Waals surface area contributed by atoms with Gasteiger partial charge < -0.3 is 20.6 Å². The largest absolute Gasteiger partial charge is 0.480 e. The number of piperidine rings is 1. The molecule has 0 unspecified atom stereocenters. The van der Waals surface area contributed by atoms with E-state index in [0.29, 0.717) is 6.42 Å². The average molecular weight is 243 g/mol. The molecule has 0 bridgehead atoms. The van der Waals surface area contributed by atoms with Crippen LogP contribution in [0.5, 0.6) is 0 Å². The van der Waals surface area contributed by atoms with Crippen LogP contribution in [0.2, 0.25) is 0 Å². The third kappa shape index (κ3) is 3.89. The zero-order chi connectivity index (χ0) is 12.8. The summed E-state index contributed by atoms with van der Waals surface area (Å²) in [7, 11) is 1.72. The highest BCUT2D eigenvalue weighted by Gasteiger charge is 2.25. The molecule has 1 heterocycles. The zero-order valence-electron chi connectivity index (χ0n) is 10.4. The fraction of sp³-hybridized carbons (Fsp3) is 0.818. The van der Waals surface area contributed by atoms with Crippen molar-refractivity contribution >= 4 is 12.0 Å². The Balaban J connectivity index is 2.47. The van der Waals surface area contributed by atoms with E-state index in [9.17, 15) is 9.59 Å². The summed E-state index contributed by atoms with van der Waals surface area (Å²) in [4.78, 5) is 24.3. The zero-order valence-corrected chi connectivity index (χ0v) is 10.4. The van der Waals surface area contributed by atoms with Crippen LogP contribution < -0.4 is 10.6 Å². The summed E-state index contributed by atoms with van der Waals surface area (Å²) < 4.78 is 0. The van der Waals surface area contributed by atoms with Crippen LogP contribution >= 0.6 is 0 Å². The SMILES string of the molecule is CC[C@@H](NC(=O)N(C)C1CCNCC1)C(=O)O. The number of carboxylic acid groups (broad SMARTS) is 1. The van der Waals surface area contributed by atoms with Crippen molar-refractivity contribution < 1.29 is 14.7 Å². The van der Waals surface area contributed by atoms with Crippen molar-refractivity contribution in [2.24, 2.45) is 0 Å². The molecule has 6 heteroatoms. The monoisotopic (exact) mass is 243 g/mol. The Hall–Kier alpha value is -1.30. The molecule has 0 aromatic heterocycles. The maximum Gasteiger partial charge on any atom is 0.326 e. The van der Waals surface area contributed by atoms with Gasteiger partial charge in [0.1, 0.15) is 6.04 Å². The number of hydrogen-bond donors (Lipinski definition) is 3. The minimum absolute atomic E-state index is 0.197. The third-order valence-electron chi connectivity index (χ3n) is 3.18. The van der Waals surface area contributed by atoms with Gasteiger partial charge in [-0.25, -0.2) is 9.59 Å². The Morgan fingerprint density at radius 2 is 2.06 bits per heavy atom. The van der Waals surface area contributed by atoms with Gasteiger partial charge in [-0.2, -0.15) is 0 Å². The Bertz CT molecular complexity index is 277. The highest BCUT2D eigenvalue weighted by molar-refractivity contribution is 5.82. The molecule has 17 heavy (non-hydrogen) atoms. The van der Waals surface area contributed by atoms with E-state index in [-0.39, 0.29) is 12.1 Å². The summed E-state index contributed by atoms with van der Waals surface area (Å²) in [5.41, 5.74) is 0. The fourth-order valence-corrected chi connectivity index (χ4v) is 1.95. The van der Waals surface area contributed by atoms with E-state index in [1.54, 1.807) is 18.9 Å². The van der Waals surface area contributed by atoms with Gasteiger partial charge in [0.15, 0.2) is 0 Å². The van der Waals surface area contributed by atoms with Crippen LogP contribution in [0.1, 0.15) is 26.2 Å². The van der Waals surface area contributed by atoms with Crippen LogP contribution in [0.25, 0.3) is 0 Å². The Morgan fingerprint density at radius 3 is 2.53 bits per heavy atom. The van der Waals surface area contributed by atoms with Crippen LogP contribution in [0.4, 0.5) is 4.79 Å². The molecule has 6 nitrogen and oxygen atoms in total. The first-order chi connectivity index (χ1) is 8.06. The molecular weight excluding hydrogens is 222 g/mol. The summed E-state index contributed by atoms with van der Waals surface area (Å²) in [5.74, 6) is -0.987. The Kier molecular flexibility index (Phi) is 5.21. The van der Waals surface area contributed by atoms with Crippen molar-refractivity contribution in [2.75, 3.05) is 20.1 Å².